The zero-order valence-electron chi connectivity index (χ0n) is 22.5. The van der Waals surface area contributed by atoms with Crippen molar-refractivity contribution < 1.29 is 35.9 Å². The molecule has 1 aromatic carbocycles. The molecule has 10 nitrogen and oxygen atoms in total. The number of benzene rings is 1. The van der Waals surface area contributed by atoms with Crippen molar-refractivity contribution in [3.8, 4) is 5.75 Å². The second-order valence-corrected chi connectivity index (χ2v) is 11.7. The highest BCUT2D eigenvalue weighted by Gasteiger charge is 2.36. The molecule has 1 amide bonds. The molecule has 3 aromatic rings. The van der Waals surface area contributed by atoms with Gasteiger partial charge in [0, 0.05) is 50.7 Å². The van der Waals surface area contributed by atoms with Crippen LogP contribution in [0.15, 0.2) is 42.7 Å². The van der Waals surface area contributed by atoms with Gasteiger partial charge in [-0.05, 0) is 30.3 Å². The highest BCUT2D eigenvalue weighted by Crippen LogP contribution is 2.42. The number of aromatic nitrogens is 2. The van der Waals surface area contributed by atoms with Crippen molar-refractivity contribution in [1.29, 1.82) is 0 Å². The molecule has 0 saturated carbocycles. The lowest BCUT2D eigenvalue weighted by Gasteiger charge is -2.30. The van der Waals surface area contributed by atoms with E-state index < -0.39 is 47.4 Å². The second kappa shape index (κ2) is 12.2. The van der Waals surface area contributed by atoms with Crippen molar-refractivity contribution in [2.75, 3.05) is 44.4 Å². The number of rotatable bonds is 10. The summed E-state index contributed by atoms with van der Waals surface area (Å²) in [6.07, 6.45) is 2.96. The number of carbonyl (C=O) groups is 1. The van der Waals surface area contributed by atoms with Crippen molar-refractivity contribution >= 4 is 27.5 Å². The molecule has 1 N–H and O–H groups in total. The summed E-state index contributed by atoms with van der Waals surface area (Å²) in [5.41, 5.74) is 1.31. The minimum atomic E-state index is -4.29. The molecule has 0 radical (unpaired) electrons. The summed E-state index contributed by atoms with van der Waals surface area (Å²) >= 11 is 0. The number of hydrogen-bond acceptors (Lipinski definition) is 7. The van der Waals surface area contributed by atoms with Gasteiger partial charge in [0.15, 0.2) is 0 Å². The lowest BCUT2D eigenvalue weighted by molar-refractivity contribution is 0.0250. The molecule has 2 aliphatic heterocycles. The van der Waals surface area contributed by atoms with Gasteiger partial charge in [-0.1, -0.05) is 6.92 Å². The molecule has 2 aromatic heterocycles. The van der Waals surface area contributed by atoms with Crippen molar-refractivity contribution in [3.63, 3.8) is 0 Å². The molecule has 2 atom stereocenters. The van der Waals surface area contributed by atoms with Gasteiger partial charge in [-0.2, -0.15) is 12.7 Å². The lowest BCUT2D eigenvalue weighted by atomic mass is 10.0. The number of imidazole rings is 1. The summed E-state index contributed by atoms with van der Waals surface area (Å²) in [4.78, 5) is 18.9. The van der Waals surface area contributed by atoms with Gasteiger partial charge >= 0.3 is 10.2 Å². The topological polar surface area (TPSA) is 105 Å². The molecule has 2 fully saturated rings. The first-order chi connectivity index (χ1) is 19.7. The Hall–Kier alpha value is -3.36. The molecule has 4 heterocycles. The molecule has 41 heavy (non-hydrogen) atoms. The molecular formula is C27H32F3N5O5S. The van der Waals surface area contributed by atoms with E-state index in [0.717, 1.165) is 4.31 Å². The number of amides is 1. The maximum Gasteiger partial charge on any atom is 0.304 e. The zero-order chi connectivity index (χ0) is 29.1. The highest BCUT2D eigenvalue weighted by atomic mass is 32.2. The Labute approximate surface area is 236 Å². The normalized spacial score (nSPS) is 20.2. The fraction of sp³-hybridized carbons (Fsp3) is 0.481. The Morgan fingerprint density at radius 1 is 1.24 bits per heavy atom. The SMILES string of the molecule is CCN(CCF)S(=O)(=O)NC(=O)c1cnc2ccc(N3C[C@@H](F)C[C@@H]3c3cc(F)ccc3OC3CCOCC3)cn12. The van der Waals surface area contributed by atoms with Crippen molar-refractivity contribution in [2.24, 2.45) is 0 Å². The zero-order valence-corrected chi connectivity index (χ0v) is 23.3. The standard InChI is InChI=1S/C27H32F3N5O5S/c1-2-33(10-9-28)41(37,38)32-27(36)24-15-31-26-6-4-20(17-35(24)26)34-16-19(30)14-23(34)22-13-18(29)3-5-25(22)40-21-7-11-39-12-8-21/h3-6,13,15,17,19,21,23H,2,7-12,14,16H2,1H3,(H,32,36)/t19-,23+/m0/s1. The Balaban J connectivity index is 1.45. The Kier molecular flexibility index (Phi) is 8.71. The van der Waals surface area contributed by atoms with Crippen LogP contribution >= 0.6 is 0 Å². The highest BCUT2D eigenvalue weighted by molar-refractivity contribution is 7.87. The number of carbonyl (C=O) groups excluding carboxylic acids is 1. The Morgan fingerprint density at radius 2 is 2.02 bits per heavy atom. The Morgan fingerprint density at radius 3 is 2.76 bits per heavy atom. The third-order valence-corrected chi connectivity index (χ3v) is 8.91. The van der Waals surface area contributed by atoms with Crippen LogP contribution < -0.4 is 14.4 Å². The predicted molar refractivity (Wildman–Crippen MR) is 145 cm³/mol. The number of alkyl halides is 2. The lowest BCUT2D eigenvalue weighted by Crippen LogP contribution is -2.44. The molecule has 2 saturated heterocycles. The van der Waals surface area contributed by atoms with E-state index in [9.17, 15) is 26.4 Å². The van der Waals surface area contributed by atoms with Gasteiger partial charge in [0.25, 0.3) is 5.91 Å². The second-order valence-electron chi connectivity index (χ2n) is 9.99. The molecule has 14 heteroatoms. The van der Waals surface area contributed by atoms with Crippen LogP contribution in [0.1, 0.15) is 48.3 Å². The first-order valence-electron chi connectivity index (χ1n) is 13.5. The third-order valence-electron chi connectivity index (χ3n) is 7.35. The number of hydrogen-bond donors (Lipinski definition) is 1. The van der Waals surface area contributed by atoms with Crippen LogP contribution in [0, 0.1) is 5.82 Å². The fourth-order valence-electron chi connectivity index (χ4n) is 5.31. The maximum absolute atomic E-state index is 14.9. The first-order valence-corrected chi connectivity index (χ1v) is 14.9. The van der Waals surface area contributed by atoms with Gasteiger partial charge in [-0.15, -0.1) is 0 Å². The number of nitrogens with zero attached hydrogens (tertiary/aromatic N) is 4. The largest absolute Gasteiger partial charge is 0.490 e. The van der Waals surface area contributed by atoms with E-state index in [1.807, 2.05) is 4.72 Å². The summed E-state index contributed by atoms with van der Waals surface area (Å²) in [7, 11) is -4.29. The van der Waals surface area contributed by atoms with E-state index >= 15 is 0 Å². The predicted octanol–water partition coefficient (Wildman–Crippen LogP) is 3.59. The summed E-state index contributed by atoms with van der Waals surface area (Å²) in [5.74, 6) is -0.948. The molecule has 2 aliphatic rings. The van der Waals surface area contributed by atoms with Crippen LogP contribution in [-0.2, 0) is 14.9 Å². The maximum atomic E-state index is 14.9. The van der Waals surface area contributed by atoms with Crippen LogP contribution in [0.4, 0.5) is 18.9 Å². The minimum absolute atomic E-state index is 0.0166. The monoisotopic (exact) mass is 595 g/mol. The smallest absolute Gasteiger partial charge is 0.304 e. The first kappa shape index (κ1) is 29.1. The van der Waals surface area contributed by atoms with Crippen molar-refractivity contribution in [2.45, 2.75) is 44.5 Å². The minimum Gasteiger partial charge on any atom is -0.490 e. The molecule has 0 spiro atoms. The number of pyridine rings is 1. The number of halogens is 3. The summed E-state index contributed by atoms with van der Waals surface area (Å²) in [5, 5.41) is 0. The quantitative estimate of drug-likeness (QED) is 0.382. The summed E-state index contributed by atoms with van der Waals surface area (Å²) in [6, 6.07) is 7.01. The van der Waals surface area contributed by atoms with E-state index in [1.165, 1.54) is 29.7 Å². The van der Waals surface area contributed by atoms with Gasteiger partial charge < -0.3 is 14.4 Å². The van der Waals surface area contributed by atoms with Gasteiger partial charge in [-0.25, -0.2) is 22.9 Å². The molecule has 0 bridgehead atoms. The van der Waals surface area contributed by atoms with Gasteiger partial charge in [0.2, 0.25) is 0 Å². The summed E-state index contributed by atoms with van der Waals surface area (Å²) in [6.45, 7) is 1.37. The van der Waals surface area contributed by atoms with Gasteiger partial charge in [0.05, 0.1) is 31.1 Å². The molecule has 222 valence electrons. The summed E-state index contributed by atoms with van der Waals surface area (Å²) < 4.78 is 83.2. The number of fused-ring (bicyclic) bond motifs is 1. The van der Waals surface area contributed by atoms with E-state index in [2.05, 4.69) is 4.98 Å². The molecule has 5 rings (SSSR count). The van der Waals surface area contributed by atoms with Crippen molar-refractivity contribution in [1.82, 2.24) is 18.4 Å². The number of nitrogens with one attached hydrogen (secondary N) is 1. The van der Waals surface area contributed by atoms with E-state index in [0.29, 0.717) is 48.7 Å². The molecular weight excluding hydrogens is 563 g/mol. The van der Waals surface area contributed by atoms with Crippen molar-refractivity contribution in [3.05, 3.63) is 59.8 Å². The van der Waals surface area contributed by atoms with E-state index in [1.54, 1.807) is 29.3 Å². The fourth-order valence-corrected chi connectivity index (χ4v) is 6.43. The Bertz CT molecular complexity index is 1500. The van der Waals surface area contributed by atoms with Crippen LogP contribution in [0.5, 0.6) is 5.75 Å². The van der Waals surface area contributed by atoms with Crippen LogP contribution in [0.25, 0.3) is 5.65 Å². The van der Waals surface area contributed by atoms with Crippen LogP contribution in [-0.4, -0.2) is 79.8 Å². The average Bonchev–Trinajstić information content (AvgIpc) is 3.56. The third kappa shape index (κ3) is 6.28. The molecule has 0 aliphatic carbocycles. The van der Waals surface area contributed by atoms with Gasteiger partial charge in [0.1, 0.15) is 41.9 Å². The van der Waals surface area contributed by atoms with Crippen LogP contribution in [0.2, 0.25) is 0 Å². The van der Waals surface area contributed by atoms with Gasteiger partial charge in [-0.3, -0.25) is 9.20 Å². The molecule has 0 unspecified atom stereocenters. The van der Waals surface area contributed by atoms with E-state index in [-0.39, 0.29) is 31.3 Å². The number of anilines is 1. The van der Waals surface area contributed by atoms with Crippen LogP contribution in [0.3, 0.4) is 0 Å². The van der Waals surface area contributed by atoms with E-state index in [4.69, 9.17) is 9.47 Å². The average molecular weight is 596 g/mol. The number of ether oxygens (including phenoxy) is 2.